The van der Waals surface area contributed by atoms with Gasteiger partial charge in [0.2, 0.25) is 15.9 Å². The summed E-state index contributed by atoms with van der Waals surface area (Å²) in [4.78, 5) is 39.6. The molecule has 4 aromatic carbocycles. The highest BCUT2D eigenvalue weighted by Crippen LogP contribution is 2.23. The molecule has 15 heteroatoms. The third-order valence-corrected chi connectivity index (χ3v) is 9.61. The number of primary sulfonamides is 1. The predicted molar refractivity (Wildman–Crippen MR) is 203 cm³/mol. The number of hydrogen-bond donors (Lipinski definition) is 3. The summed E-state index contributed by atoms with van der Waals surface area (Å²) in [5.74, 6) is -2.28. The number of nitrogens with zero attached hydrogens (tertiary/aromatic N) is 2. The number of hydrogen-bond acceptors (Lipinski definition) is 7. The Morgan fingerprint density at radius 2 is 1.53 bits per heavy atom. The molecule has 0 saturated carbocycles. The lowest BCUT2D eigenvalue weighted by atomic mass is 10.0. The molecule has 11 nitrogen and oxygen atoms in total. The summed E-state index contributed by atoms with van der Waals surface area (Å²) in [5.41, 5.74) is 5.14. The zero-order valence-corrected chi connectivity index (χ0v) is 31.0. The molecule has 4 aromatic rings. The van der Waals surface area contributed by atoms with Crippen molar-refractivity contribution in [2.75, 3.05) is 39.8 Å². The van der Waals surface area contributed by atoms with Crippen molar-refractivity contribution in [2.45, 2.75) is 36.9 Å². The Labute approximate surface area is 318 Å². The van der Waals surface area contributed by atoms with Gasteiger partial charge in [0.1, 0.15) is 5.75 Å². The maximum Gasteiger partial charge on any atom is 0.490 e. The largest absolute Gasteiger partial charge is 0.497 e. The number of aliphatic carboxylic acids is 1. The quantitative estimate of drug-likeness (QED) is 0.137. The molecule has 4 N–H and O–H groups in total. The second-order valence-corrected chi connectivity index (χ2v) is 14.3. The van der Waals surface area contributed by atoms with Gasteiger partial charge < -0.3 is 25.0 Å². The van der Waals surface area contributed by atoms with E-state index in [9.17, 15) is 31.2 Å². The highest BCUT2D eigenvalue weighted by atomic mass is 32.2. The number of halogens is 3. The monoisotopic (exact) mass is 780 g/mol. The van der Waals surface area contributed by atoms with Gasteiger partial charge in [-0.15, -0.1) is 0 Å². The normalized spacial score (nSPS) is 13.2. The van der Waals surface area contributed by atoms with Crippen LogP contribution in [0.25, 0.3) is 17.2 Å². The highest BCUT2D eigenvalue weighted by Gasteiger charge is 2.38. The molecule has 1 saturated heterocycles. The zero-order chi connectivity index (χ0) is 40.0. The number of likely N-dealkylation sites (tertiary alicyclic amines) is 1. The number of ether oxygens (including phenoxy) is 1. The number of methoxy groups -OCH3 is 1. The van der Waals surface area contributed by atoms with Crippen molar-refractivity contribution < 1.29 is 45.8 Å². The lowest BCUT2D eigenvalue weighted by Crippen LogP contribution is -2.33. The van der Waals surface area contributed by atoms with Crippen LogP contribution in [-0.2, 0) is 32.6 Å². The second kappa shape index (κ2) is 19.7. The van der Waals surface area contributed by atoms with Gasteiger partial charge in [0.15, 0.2) is 0 Å². The molecule has 2 amide bonds. The number of sulfonamides is 1. The number of carboxylic acids is 1. The van der Waals surface area contributed by atoms with Crippen molar-refractivity contribution in [1.29, 1.82) is 0 Å². The average Bonchev–Trinajstić information content (AvgIpc) is 3.69. The van der Waals surface area contributed by atoms with E-state index in [2.05, 4.69) is 10.2 Å². The molecular formula is C40H43F3N4O7S. The van der Waals surface area contributed by atoms with Crippen LogP contribution in [0.2, 0.25) is 0 Å². The van der Waals surface area contributed by atoms with Crippen molar-refractivity contribution in [3.8, 4) is 16.9 Å². The standard InChI is InChI=1S/C38H42N4O5S.C2HF3O2/c1-47-35-15-10-29(11-16-35)14-19-37(43)42(24-20-30-12-17-36(18-13-30)48(39,45)46)28-31-6-4-7-32(26-31)33-8-5-9-34(27-33)38(44)40-21-25-41-22-2-3-23-41;3-2(4,5)1(6)7/h4-19,26-27H,2-3,20-25,28H2,1H3,(H,40,44)(H2,39,45,46);(H,6,7)/b19-14+;. The van der Waals surface area contributed by atoms with Crippen molar-refractivity contribution in [3.63, 3.8) is 0 Å². The van der Waals surface area contributed by atoms with E-state index in [0.29, 0.717) is 31.6 Å². The molecule has 0 spiro atoms. The first-order chi connectivity index (χ1) is 26.1. The Kier molecular flexibility index (Phi) is 15.1. The Balaban J connectivity index is 0.000000876. The van der Waals surface area contributed by atoms with Crippen LogP contribution >= 0.6 is 0 Å². The van der Waals surface area contributed by atoms with Gasteiger partial charge in [0.25, 0.3) is 5.91 Å². The zero-order valence-electron chi connectivity index (χ0n) is 30.2. The second-order valence-electron chi connectivity index (χ2n) is 12.7. The van der Waals surface area contributed by atoms with Gasteiger partial charge in [-0.25, -0.2) is 18.4 Å². The van der Waals surface area contributed by atoms with Gasteiger partial charge in [0.05, 0.1) is 12.0 Å². The first kappa shape index (κ1) is 42.2. The van der Waals surface area contributed by atoms with Crippen molar-refractivity contribution in [2.24, 2.45) is 5.14 Å². The van der Waals surface area contributed by atoms with Crippen LogP contribution in [0, 0.1) is 0 Å². The van der Waals surface area contributed by atoms with Gasteiger partial charge in [-0.3, -0.25) is 9.59 Å². The minimum Gasteiger partial charge on any atom is -0.497 e. The van der Waals surface area contributed by atoms with Crippen LogP contribution in [-0.4, -0.2) is 87.1 Å². The minimum absolute atomic E-state index is 0.0436. The van der Waals surface area contributed by atoms with Crippen LogP contribution in [0.5, 0.6) is 5.75 Å². The Bertz CT molecular complexity index is 2050. The van der Waals surface area contributed by atoms with Crippen molar-refractivity contribution in [1.82, 2.24) is 15.1 Å². The molecule has 1 aliphatic rings. The molecule has 0 aliphatic carbocycles. The third kappa shape index (κ3) is 13.7. The molecule has 292 valence electrons. The Morgan fingerprint density at radius 3 is 2.13 bits per heavy atom. The topological polar surface area (TPSA) is 159 Å². The highest BCUT2D eigenvalue weighted by molar-refractivity contribution is 7.89. The van der Waals surface area contributed by atoms with Crippen molar-refractivity contribution >= 4 is 33.9 Å². The van der Waals surface area contributed by atoms with Crippen LogP contribution in [0.3, 0.4) is 0 Å². The third-order valence-electron chi connectivity index (χ3n) is 8.68. The van der Waals surface area contributed by atoms with Crippen LogP contribution in [0.4, 0.5) is 13.2 Å². The van der Waals surface area contributed by atoms with E-state index in [-0.39, 0.29) is 16.7 Å². The van der Waals surface area contributed by atoms with Crippen LogP contribution < -0.4 is 15.2 Å². The maximum absolute atomic E-state index is 13.6. The predicted octanol–water partition coefficient (Wildman–Crippen LogP) is 5.75. The molecule has 0 aromatic heterocycles. The molecule has 1 aliphatic heterocycles. The fourth-order valence-corrected chi connectivity index (χ4v) is 6.23. The van der Waals surface area contributed by atoms with Gasteiger partial charge in [-0.1, -0.05) is 54.6 Å². The van der Waals surface area contributed by atoms with E-state index >= 15 is 0 Å². The van der Waals surface area contributed by atoms with E-state index < -0.39 is 22.2 Å². The number of alkyl halides is 3. The molecule has 0 bridgehead atoms. The minimum atomic E-state index is -5.08. The molecular weight excluding hydrogens is 738 g/mol. The van der Waals surface area contributed by atoms with E-state index in [4.69, 9.17) is 19.8 Å². The fourth-order valence-electron chi connectivity index (χ4n) is 5.71. The number of carboxylic acid groups (broad SMARTS) is 1. The Morgan fingerprint density at radius 1 is 0.909 bits per heavy atom. The first-order valence-electron chi connectivity index (χ1n) is 17.4. The summed E-state index contributed by atoms with van der Waals surface area (Å²) in [6.45, 7) is 4.42. The van der Waals surface area contributed by atoms with E-state index in [1.807, 2.05) is 72.8 Å². The van der Waals surface area contributed by atoms with E-state index in [1.165, 1.54) is 25.0 Å². The van der Waals surface area contributed by atoms with Crippen LogP contribution in [0.15, 0.2) is 108 Å². The number of benzene rings is 4. The molecule has 1 heterocycles. The van der Waals surface area contributed by atoms with Crippen molar-refractivity contribution in [3.05, 3.63) is 125 Å². The SMILES string of the molecule is COc1ccc(/C=C/C(=O)N(CCc2ccc(S(N)(=O)=O)cc2)Cc2cccc(-c3cccc(C(=O)NCCN4CCCC4)c3)c2)cc1.O=C(O)C(F)(F)F. The van der Waals surface area contributed by atoms with Crippen LogP contribution in [0.1, 0.15) is 39.9 Å². The Hall–Kier alpha value is -5.51. The summed E-state index contributed by atoms with van der Waals surface area (Å²) < 4.78 is 60.3. The molecule has 0 atom stereocenters. The number of nitrogens with two attached hydrogens (primary N) is 1. The summed E-state index contributed by atoms with van der Waals surface area (Å²) in [6.07, 6.45) is 1.20. The number of nitrogens with one attached hydrogen (secondary N) is 1. The summed E-state index contributed by atoms with van der Waals surface area (Å²) in [5, 5.41) is 15.4. The fraction of sp³-hybridized carbons (Fsp3) is 0.275. The molecule has 55 heavy (non-hydrogen) atoms. The summed E-state index contributed by atoms with van der Waals surface area (Å²) >= 11 is 0. The number of amides is 2. The summed E-state index contributed by atoms with van der Waals surface area (Å²) in [6, 6.07) is 29.4. The lowest BCUT2D eigenvalue weighted by molar-refractivity contribution is -0.192. The molecule has 0 unspecified atom stereocenters. The maximum atomic E-state index is 13.6. The number of carbonyl (C=O) groups is 3. The lowest BCUT2D eigenvalue weighted by Gasteiger charge is -2.22. The molecule has 1 fully saturated rings. The summed E-state index contributed by atoms with van der Waals surface area (Å²) in [7, 11) is -2.19. The van der Waals surface area contributed by atoms with Gasteiger partial charge in [-0.2, -0.15) is 13.2 Å². The smallest absolute Gasteiger partial charge is 0.490 e. The van der Waals surface area contributed by atoms with E-state index in [1.54, 1.807) is 36.3 Å². The average molecular weight is 781 g/mol. The first-order valence-corrected chi connectivity index (χ1v) is 18.9. The number of carbonyl (C=O) groups excluding carboxylic acids is 2. The molecule has 5 rings (SSSR count). The van der Waals surface area contributed by atoms with Gasteiger partial charge >= 0.3 is 12.1 Å². The molecule has 0 radical (unpaired) electrons. The van der Waals surface area contributed by atoms with E-state index in [0.717, 1.165) is 53.2 Å². The number of rotatable bonds is 14. The van der Waals surface area contributed by atoms with Gasteiger partial charge in [0, 0.05) is 37.8 Å². The van der Waals surface area contributed by atoms with Gasteiger partial charge in [-0.05, 0) is 109 Å².